The van der Waals surface area contributed by atoms with Crippen LogP contribution in [0.5, 0.6) is 5.75 Å². The molecular formula is C11H13O3. The number of carboxylic acids is 1. The predicted octanol–water partition coefficient (Wildman–Crippen LogP) is 2.36. The maximum atomic E-state index is 10.8. The minimum Gasteiger partial charge on any atom is -0.487 e. The van der Waals surface area contributed by atoms with Crippen molar-refractivity contribution in [2.24, 2.45) is 0 Å². The lowest BCUT2D eigenvalue weighted by Gasteiger charge is -2.22. The van der Waals surface area contributed by atoms with E-state index in [4.69, 9.17) is 9.84 Å². The van der Waals surface area contributed by atoms with Crippen LogP contribution in [0.25, 0.3) is 0 Å². The smallest absolute Gasteiger partial charge is 0.340 e. The Morgan fingerprint density at radius 2 is 2.14 bits per heavy atom. The summed E-state index contributed by atoms with van der Waals surface area (Å²) in [5.74, 6) is -0.669. The molecule has 0 atom stereocenters. The SMILES string of the molecule is CC(C)(C)Oc1ccc[c]c1C(=O)O. The highest BCUT2D eigenvalue weighted by molar-refractivity contribution is 5.90. The Morgan fingerprint density at radius 1 is 1.50 bits per heavy atom. The maximum absolute atomic E-state index is 10.8. The molecule has 0 spiro atoms. The number of carbonyl (C=O) groups is 1. The van der Waals surface area contributed by atoms with Gasteiger partial charge in [-0.25, -0.2) is 4.79 Å². The van der Waals surface area contributed by atoms with Gasteiger partial charge < -0.3 is 9.84 Å². The number of hydrogen-bond donors (Lipinski definition) is 1. The fourth-order valence-corrected chi connectivity index (χ4v) is 1.00. The molecule has 0 unspecified atom stereocenters. The van der Waals surface area contributed by atoms with E-state index in [-0.39, 0.29) is 5.56 Å². The summed E-state index contributed by atoms with van der Waals surface area (Å²) in [5, 5.41) is 8.85. The highest BCUT2D eigenvalue weighted by atomic mass is 16.5. The Bertz CT molecular complexity index is 337. The molecule has 3 heteroatoms. The average molecular weight is 193 g/mol. The number of carboxylic acid groups (broad SMARTS) is 1. The lowest BCUT2D eigenvalue weighted by molar-refractivity contribution is 0.0680. The summed E-state index contributed by atoms with van der Waals surface area (Å²) in [5.41, 5.74) is -0.332. The summed E-state index contributed by atoms with van der Waals surface area (Å²) < 4.78 is 5.48. The van der Waals surface area contributed by atoms with Crippen LogP contribution in [0.1, 0.15) is 31.1 Å². The van der Waals surface area contributed by atoms with Crippen LogP contribution >= 0.6 is 0 Å². The highest BCUT2D eigenvalue weighted by Crippen LogP contribution is 2.22. The third-order valence-corrected chi connectivity index (χ3v) is 1.45. The van der Waals surface area contributed by atoms with E-state index in [1.165, 1.54) is 0 Å². The van der Waals surface area contributed by atoms with E-state index in [1.807, 2.05) is 20.8 Å². The van der Waals surface area contributed by atoms with Crippen LogP contribution < -0.4 is 4.74 Å². The van der Waals surface area contributed by atoms with Crippen LogP contribution in [-0.2, 0) is 0 Å². The van der Waals surface area contributed by atoms with Gasteiger partial charge in [-0.05, 0) is 26.8 Å². The summed E-state index contributed by atoms with van der Waals surface area (Å²) in [4.78, 5) is 10.8. The standard InChI is InChI=1S/C11H13O3/c1-11(2,3)14-9-7-5-4-6-8(9)10(12)13/h4-5,7H,1-3H3,(H,12,13). The van der Waals surface area contributed by atoms with Crippen molar-refractivity contribution >= 4 is 5.97 Å². The van der Waals surface area contributed by atoms with Gasteiger partial charge in [0, 0.05) is 6.07 Å². The third kappa shape index (κ3) is 2.76. The number of aromatic carboxylic acids is 1. The summed E-state index contributed by atoms with van der Waals surface area (Å²) >= 11 is 0. The van der Waals surface area contributed by atoms with Crippen molar-refractivity contribution in [2.45, 2.75) is 26.4 Å². The van der Waals surface area contributed by atoms with Gasteiger partial charge in [0.05, 0.1) is 0 Å². The molecule has 1 aromatic rings. The molecule has 0 amide bonds. The quantitative estimate of drug-likeness (QED) is 0.784. The molecular weight excluding hydrogens is 180 g/mol. The molecule has 14 heavy (non-hydrogen) atoms. The van der Waals surface area contributed by atoms with E-state index in [9.17, 15) is 4.79 Å². The first-order chi connectivity index (χ1) is 6.40. The Hall–Kier alpha value is -1.51. The molecule has 0 bridgehead atoms. The second-order valence-electron chi connectivity index (χ2n) is 3.93. The Labute approximate surface area is 83.3 Å². The number of benzene rings is 1. The number of hydrogen-bond acceptors (Lipinski definition) is 2. The molecule has 0 fully saturated rings. The van der Waals surface area contributed by atoms with Gasteiger partial charge in [0.2, 0.25) is 0 Å². The summed E-state index contributed by atoms with van der Waals surface area (Å²) in [6.07, 6.45) is 0. The van der Waals surface area contributed by atoms with Gasteiger partial charge in [0.25, 0.3) is 0 Å². The molecule has 0 saturated carbocycles. The van der Waals surface area contributed by atoms with Crippen molar-refractivity contribution in [3.8, 4) is 5.75 Å². The van der Waals surface area contributed by atoms with Gasteiger partial charge in [-0.2, -0.15) is 0 Å². The van der Waals surface area contributed by atoms with E-state index in [0.29, 0.717) is 5.75 Å². The molecule has 0 aliphatic rings. The van der Waals surface area contributed by atoms with Gasteiger partial charge in [0.1, 0.15) is 16.9 Å². The average Bonchev–Trinajstić information content (AvgIpc) is 2.01. The molecule has 3 nitrogen and oxygen atoms in total. The zero-order valence-electron chi connectivity index (χ0n) is 8.50. The first kappa shape index (κ1) is 10.6. The second-order valence-corrected chi connectivity index (χ2v) is 3.93. The van der Waals surface area contributed by atoms with E-state index in [1.54, 1.807) is 18.2 Å². The van der Waals surface area contributed by atoms with Gasteiger partial charge in [-0.1, -0.05) is 12.1 Å². The van der Waals surface area contributed by atoms with E-state index >= 15 is 0 Å². The van der Waals surface area contributed by atoms with E-state index < -0.39 is 11.6 Å². The van der Waals surface area contributed by atoms with Crippen molar-refractivity contribution in [1.82, 2.24) is 0 Å². The predicted molar refractivity (Wildman–Crippen MR) is 52.6 cm³/mol. The van der Waals surface area contributed by atoms with Crippen LogP contribution in [0.15, 0.2) is 18.2 Å². The summed E-state index contributed by atoms with van der Waals surface area (Å²) in [6, 6.07) is 7.52. The van der Waals surface area contributed by atoms with Crippen LogP contribution in [0.3, 0.4) is 0 Å². The summed E-state index contributed by atoms with van der Waals surface area (Å²) in [7, 11) is 0. The monoisotopic (exact) mass is 193 g/mol. The molecule has 75 valence electrons. The van der Waals surface area contributed by atoms with Crippen molar-refractivity contribution in [2.75, 3.05) is 0 Å². The second kappa shape index (κ2) is 3.70. The largest absolute Gasteiger partial charge is 0.487 e. The summed E-state index contributed by atoms with van der Waals surface area (Å²) in [6.45, 7) is 5.60. The topological polar surface area (TPSA) is 46.5 Å². The van der Waals surface area contributed by atoms with Crippen molar-refractivity contribution in [3.05, 3.63) is 29.8 Å². The molecule has 0 aliphatic carbocycles. The van der Waals surface area contributed by atoms with Gasteiger partial charge in [0.15, 0.2) is 0 Å². The van der Waals surface area contributed by atoms with Crippen molar-refractivity contribution in [3.63, 3.8) is 0 Å². The van der Waals surface area contributed by atoms with E-state index in [2.05, 4.69) is 6.07 Å². The number of rotatable bonds is 2. The Kier molecular flexibility index (Phi) is 2.79. The highest BCUT2D eigenvalue weighted by Gasteiger charge is 2.17. The molecule has 1 radical (unpaired) electrons. The van der Waals surface area contributed by atoms with E-state index in [0.717, 1.165) is 0 Å². The molecule has 1 aromatic carbocycles. The van der Waals surface area contributed by atoms with Crippen molar-refractivity contribution < 1.29 is 14.6 Å². The zero-order valence-corrected chi connectivity index (χ0v) is 8.50. The van der Waals surface area contributed by atoms with Gasteiger partial charge in [-0.15, -0.1) is 0 Å². The maximum Gasteiger partial charge on any atom is 0.340 e. The first-order valence-corrected chi connectivity index (χ1v) is 4.33. The lowest BCUT2D eigenvalue weighted by Crippen LogP contribution is -2.24. The Morgan fingerprint density at radius 3 is 2.64 bits per heavy atom. The molecule has 0 aromatic heterocycles. The fraction of sp³-hybridized carbons (Fsp3) is 0.364. The van der Waals surface area contributed by atoms with Gasteiger partial charge in [-0.3, -0.25) is 0 Å². The normalized spacial score (nSPS) is 11.1. The lowest BCUT2D eigenvalue weighted by atomic mass is 10.1. The minimum atomic E-state index is -1.02. The first-order valence-electron chi connectivity index (χ1n) is 4.33. The molecule has 1 N–H and O–H groups in total. The molecule has 0 saturated heterocycles. The zero-order chi connectivity index (χ0) is 10.8. The molecule has 1 rings (SSSR count). The third-order valence-electron chi connectivity index (χ3n) is 1.45. The van der Waals surface area contributed by atoms with Crippen molar-refractivity contribution in [1.29, 1.82) is 0 Å². The van der Waals surface area contributed by atoms with Crippen LogP contribution in [-0.4, -0.2) is 16.7 Å². The molecule has 0 aliphatic heterocycles. The van der Waals surface area contributed by atoms with Crippen LogP contribution in [0.2, 0.25) is 0 Å². The Balaban J connectivity index is 3.02. The minimum absolute atomic E-state index is 0.0717. The number of ether oxygens (including phenoxy) is 1. The molecule has 0 heterocycles. The van der Waals surface area contributed by atoms with Crippen LogP contribution in [0, 0.1) is 6.07 Å². The van der Waals surface area contributed by atoms with Gasteiger partial charge >= 0.3 is 5.97 Å². The van der Waals surface area contributed by atoms with Crippen LogP contribution in [0.4, 0.5) is 0 Å². The fourth-order valence-electron chi connectivity index (χ4n) is 1.00.